The molecule has 0 bridgehead atoms. The predicted octanol–water partition coefficient (Wildman–Crippen LogP) is 1.81. The number of nitrogens with zero attached hydrogens (tertiary/aromatic N) is 3. The first-order valence-electron chi connectivity index (χ1n) is 4.11. The van der Waals surface area contributed by atoms with Crippen LogP contribution in [-0.4, -0.2) is 15.0 Å². The normalized spacial score (nSPS) is 10.4. The van der Waals surface area contributed by atoms with Gasteiger partial charge in [-0.3, -0.25) is 0 Å². The molecule has 1 aromatic carbocycles. The lowest BCUT2D eigenvalue weighted by Crippen LogP contribution is -1.96. The van der Waals surface area contributed by atoms with Crippen LogP contribution in [0.25, 0.3) is 5.69 Å². The first-order valence-corrected chi connectivity index (χ1v) is 4.49. The van der Waals surface area contributed by atoms with Gasteiger partial charge in [-0.1, -0.05) is 22.9 Å². The first kappa shape index (κ1) is 9.02. The van der Waals surface area contributed by atoms with Crippen LogP contribution in [0.15, 0.2) is 24.4 Å². The van der Waals surface area contributed by atoms with Crippen molar-refractivity contribution < 1.29 is 0 Å². The molecule has 2 N–H and O–H groups in total. The zero-order chi connectivity index (χ0) is 10.1. The minimum atomic E-state index is 0.377. The summed E-state index contributed by atoms with van der Waals surface area (Å²) in [7, 11) is 0. The number of nitrogens with two attached hydrogens (primary N) is 1. The highest BCUT2D eigenvalue weighted by molar-refractivity contribution is 6.32. The number of aryl methyl sites for hydroxylation is 1. The first-order chi connectivity index (χ1) is 6.66. The van der Waals surface area contributed by atoms with Crippen LogP contribution >= 0.6 is 11.6 Å². The minimum absolute atomic E-state index is 0.377. The average Bonchev–Trinajstić information content (AvgIpc) is 2.56. The molecule has 2 rings (SSSR count). The number of hydrogen-bond acceptors (Lipinski definition) is 3. The molecule has 2 aromatic rings. The van der Waals surface area contributed by atoms with E-state index in [-0.39, 0.29) is 0 Å². The van der Waals surface area contributed by atoms with Crippen LogP contribution in [0.2, 0.25) is 5.02 Å². The van der Waals surface area contributed by atoms with E-state index in [4.69, 9.17) is 17.3 Å². The zero-order valence-corrected chi connectivity index (χ0v) is 8.36. The minimum Gasteiger partial charge on any atom is -0.381 e. The van der Waals surface area contributed by atoms with Gasteiger partial charge in [0.1, 0.15) is 0 Å². The molecule has 14 heavy (non-hydrogen) atoms. The number of rotatable bonds is 1. The lowest BCUT2D eigenvalue weighted by atomic mass is 10.2. The predicted molar refractivity (Wildman–Crippen MR) is 55.5 cm³/mol. The molecule has 72 valence electrons. The van der Waals surface area contributed by atoms with Gasteiger partial charge in [0.25, 0.3) is 0 Å². The van der Waals surface area contributed by atoms with Crippen molar-refractivity contribution in [3.63, 3.8) is 0 Å². The largest absolute Gasteiger partial charge is 0.381 e. The van der Waals surface area contributed by atoms with Crippen LogP contribution in [0.1, 0.15) is 5.56 Å². The molecule has 0 aliphatic carbocycles. The summed E-state index contributed by atoms with van der Waals surface area (Å²) in [5, 5.41) is 8.17. The maximum atomic E-state index is 6.01. The van der Waals surface area contributed by atoms with Gasteiger partial charge in [-0.25, -0.2) is 4.68 Å². The van der Waals surface area contributed by atoms with E-state index in [2.05, 4.69) is 10.3 Å². The topological polar surface area (TPSA) is 56.7 Å². The summed E-state index contributed by atoms with van der Waals surface area (Å²) in [6.07, 6.45) is 1.63. The van der Waals surface area contributed by atoms with Crippen molar-refractivity contribution in [1.82, 2.24) is 15.0 Å². The highest BCUT2D eigenvalue weighted by Crippen LogP contribution is 2.20. The van der Waals surface area contributed by atoms with Gasteiger partial charge in [0, 0.05) is 0 Å². The third kappa shape index (κ3) is 1.56. The van der Waals surface area contributed by atoms with Gasteiger partial charge in [0.05, 0.1) is 16.9 Å². The van der Waals surface area contributed by atoms with Crippen LogP contribution in [0.5, 0.6) is 0 Å². The molecule has 5 heteroatoms. The monoisotopic (exact) mass is 208 g/mol. The van der Waals surface area contributed by atoms with Crippen LogP contribution in [0.4, 0.5) is 5.82 Å². The molecule has 0 unspecified atom stereocenters. The SMILES string of the molecule is Cc1ccc(Cl)c(-n2cc(N)nn2)c1. The fourth-order valence-corrected chi connectivity index (χ4v) is 1.40. The van der Waals surface area contributed by atoms with Crippen molar-refractivity contribution >= 4 is 17.4 Å². The van der Waals surface area contributed by atoms with Gasteiger partial charge in [0.15, 0.2) is 5.82 Å². The van der Waals surface area contributed by atoms with E-state index in [0.717, 1.165) is 11.3 Å². The van der Waals surface area contributed by atoms with E-state index in [1.165, 1.54) is 0 Å². The van der Waals surface area contributed by atoms with Crippen molar-refractivity contribution in [2.24, 2.45) is 0 Å². The van der Waals surface area contributed by atoms with Crippen molar-refractivity contribution in [3.05, 3.63) is 35.0 Å². The van der Waals surface area contributed by atoms with Gasteiger partial charge in [-0.2, -0.15) is 0 Å². The summed E-state index contributed by atoms with van der Waals surface area (Å²) in [5.74, 6) is 0.377. The Morgan fingerprint density at radius 1 is 1.43 bits per heavy atom. The van der Waals surface area contributed by atoms with Gasteiger partial charge in [0.2, 0.25) is 0 Å². The maximum absolute atomic E-state index is 6.01. The van der Waals surface area contributed by atoms with E-state index in [1.807, 2.05) is 25.1 Å². The van der Waals surface area contributed by atoms with Crippen LogP contribution in [0.3, 0.4) is 0 Å². The fourth-order valence-electron chi connectivity index (χ4n) is 1.19. The molecular formula is C9H9ClN4. The van der Waals surface area contributed by atoms with Crippen molar-refractivity contribution in [1.29, 1.82) is 0 Å². The molecule has 0 fully saturated rings. The number of hydrogen-bond donors (Lipinski definition) is 1. The van der Waals surface area contributed by atoms with Crippen LogP contribution in [0, 0.1) is 6.92 Å². The third-order valence-electron chi connectivity index (χ3n) is 1.86. The number of nitrogen functional groups attached to an aromatic ring is 1. The Hall–Kier alpha value is -1.55. The van der Waals surface area contributed by atoms with E-state index in [1.54, 1.807) is 10.9 Å². The highest BCUT2D eigenvalue weighted by Gasteiger charge is 2.04. The second kappa shape index (κ2) is 3.31. The number of halogens is 1. The summed E-state index contributed by atoms with van der Waals surface area (Å²) < 4.78 is 1.56. The smallest absolute Gasteiger partial charge is 0.166 e. The lowest BCUT2D eigenvalue weighted by molar-refractivity contribution is 0.803. The van der Waals surface area contributed by atoms with Crippen molar-refractivity contribution in [2.45, 2.75) is 6.92 Å². The van der Waals surface area contributed by atoms with Crippen molar-refractivity contribution in [3.8, 4) is 5.69 Å². The molecule has 0 aliphatic rings. The van der Waals surface area contributed by atoms with Crippen LogP contribution in [-0.2, 0) is 0 Å². The third-order valence-corrected chi connectivity index (χ3v) is 2.18. The van der Waals surface area contributed by atoms with E-state index in [0.29, 0.717) is 10.8 Å². The molecule has 0 amide bonds. The molecule has 0 aliphatic heterocycles. The van der Waals surface area contributed by atoms with E-state index in [9.17, 15) is 0 Å². The molecule has 4 nitrogen and oxygen atoms in total. The van der Waals surface area contributed by atoms with Gasteiger partial charge < -0.3 is 5.73 Å². The maximum Gasteiger partial charge on any atom is 0.166 e. The Labute approximate surface area is 86.3 Å². The second-order valence-corrected chi connectivity index (χ2v) is 3.45. The van der Waals surface area contributed by atoms with E-state index < -0.39 is 0 Å². The summed E-state index contributed by atoms with van der Waals surface area (Å²) >= 11 is 6.01. The quantitative estimate of drug-likeness (QED) is 0.778. The Morgan fingerprint density at radius 3 is 2.86 bits per heavy atom. The molecule has 0 atom stereocenters. The number of anilines is 1. The Bertz CT molecular complexity index is 464. The molecule has 0 radical (unpaired) electrons. The van der Waals surface area contributed by atoms with Gasteiger partial charge in [-0.15, -0.1) is 5.10 Å². The molecule has 0 spiro atoms. The van der Waals surface area contributed by atoms with Gasteiger partial charge >= 0.3 is 0 Å². The Kier molecular flexibility index (Phi) is 2.13. The number of aromatic nitrogens is 3. The summed E-state index contributed by atoms with van der Waals surface area (Å²) in [4.78, 5) is 0. The van der Waals surface area contributed by atoms with E-state index >= 15 is 0 Å². The van der Waals surface area contributed by atoms with Crippen molar-refractivity contribution in [2.75, 3.05) is 5.73 Å². The standard InChI is InChI=1S/C9H9ClN4/c1-6-2-3-7(10)8(4-6)14-5-9(11)12-13-14/h2-5H,11H2,1H3. The summed E-state index contributed by atoms with van der Waals surface area (Å²) in [6.45, 7) is 1.99. The fraction of sp³-hybridized carbons (Fsp3) is 0.111. The number of benzene rings is 1. The molecule has 1 heterocycles. The second-order valence-electron chi connectivity index (χ2n) is 3.04. The van der Waals surface area contributed by atoms with Gasteiger partial charge in [-0.05, 0) is 24.6 Å². The molecule has 1 aromatic heterocycles. The molecule has 0 saturated heterocycles. The zero-order valence-electron chi connectivity index (χ0n) is 7.61. The molecular weight excluding hydrogens is 200 g/mol. The lowest BCUT2D eigenvalue weighted by Gasteiger charge is -2.03. The average molecular weight is 209 g/mol. The Morgan fingerprint density at radius 2 is 2.21 bits per heavy atom. The summed E-state index contributed by atoms with van der Waals surface area (Å²) in [5.41, 5.74) is 7.36. The highest BCUT2D eigenvalue weighted by atomic mass is 35.5. The molecule has 0 saturated carbocycles. The summed E-state index contributed by atoms with van der Waals surface area (Å²) in [6, 6.07) is 5.69. The van der Waals surface area contributed by atoms with Crippen LogP contribution < -0.4 is 5.73 Å². The Balaban J connectivity index is 2.55.